The Kier molecular flexibility index (Phi) is 3.47. The van der Waals surface area contributed by atoms with Crippen molar-refractivity contribution in [2.45, 2.75) is 24.7 Å². The zero-order valence-corrected chi connectivity index (χ0v) is 14.8. The zero-order valence-electron chi connectivity index (χ0n) is 13.9. The van der Waals surface area contributed by atoms with E-state index in [2.05, 4.69) is 0 Å². The number of benzene rings is 2. The van der Waals surface area contributed by atoms with E-state index in [1.807, 2.05) is 6.92 Å². The molecule has 0 radical (unpaired) electrons. The fourth-order valence-electron chi connectivity index (χ4n) is 3.39. The molecule has 0 spiro atoms. The predicted octanol–water partition coefficient (Wildman–Crippen LogP) is 3.32. The van der Waals surface area contributed by atoms with Crippen LogP contribution in [-0.4, -0.2) is 25.3 Å². The lowest BCUT2D eigenvalue weighted by Crippen LogP contribution is -2.12. The number of nitrogens with zero attached hydrogens (tertiary/aromatic N) is 1. The molecule has 6 heteroatoms. The number of rotatable bonds is 3. The lowest BCUT2D eigenvalue weighted by atomic mass is 9.91. The second-order valence-corrected chi connectivity index (χ2v) is 8.04. The number of ether oxygens (including phenoxy) is 1. The highest BCUT2D eigenvalue weighted by Crippen LogP contribution is 2.38. The molecule has 0 bridgehead atoms. The Hall–Kier alpha value is -2.60. The lowest BCUT2D eigenvalue weighted by Gasteiger charge is -2.14. The molecule has 0 N–H and O–H groups in total. The van der Waals surface area contributed by atoms with E-state index in [-0.39, 0.29) is 10.7 Å². The largest absolute Gasteiger partial charge is 0.496 e. The molecular weight excluding hydrogens is 338 g/mol. The number of hydrogen-bond acceptors (Lipinski definition) is 4. The van der Waals surface area contributed by atoms with Crippen molar-refractivity contribution < 1.29 is 17.9 Å². The van der Waals surface area contributed by atoms with Crippen LogP contribution in [0, 0.1) is 6.92 Å². The molecule has 1 aliphatic rings. The number of aromatic nitrogens is 1. The molecule has 128 valence electrons. The summed E-state index contributed by atoms with van der Waals surface area (Å²) in [6.07, 6.45) is 2.53. The summed E-state index contributed by atoms with van der Waals surface area (Å²) < 4.78 is 32.8. The highest BCUT2D eigenvalue weighted by molar-refractivity contribution is 7.90. The van der Waals surface area contributed by atoms with Gasteiger partial charge < -0.3 is 4.74 Å². The average Bonchev–Trinajstić information content (AvgIpc) is 2.99. The number of carbonyl (C=O) groups is 1. The molecule has 1 aliphatic carbocycles. The van der Waals surface area contributed by atoms with Gasteiger partial charge in [-0.3, -0.25) is 4.79 Å². The zero-order chi connectivity index (χ0) is 17.8. The summed E-state index contributed by atoms with van der Waals surface area (Å²) in [6.45, 7) is 1.91. The van der Waals surface area contributed by atoms with Crippen LogP contribution in [0.5, 0.6) is 5.75 Å². The highest BCUT2D eigenvalue weighted by atomic mass is 32.2. The molecule has 3 aromatic rings. The van der Waals surface area contributed by atoms with E-state index in [0.29, 0.717) is 35.1 Å². The molecule has 0 unspecified atom stereocenters. The van der Waals surface area contributed by atoms with Gasteiger partial charge in [0, 0.05) is 18.0 Å². The maximum absolute atomic E-state index is 13.1. The summed E-state index contributed by atoms with van der Waals surface area (Å²) in [7, 11) is -2.22. The molecule has 0 saturated carbocycles. The molecule has 1 aromatic heterocycles. The van der Waals surface area contributed by atoms with E-state index in [9.17, 15) is 13.2 Å². The smallest absolute Gasteiger partial charge is 0.268 e. The Bertz CT molecular complexity index is 1110. The minimum atomic E-state index is -3.73. The minimum Gasteiger partial charge on any atom is -0.496 e. The molecule has 25 heavy (non-hydrogen) atoms. The topological polar surface area (TPSA) is 65.4 Å². The van der Waals surface area contributed by atoms with Gasteiger partial charge in [-0.15, -0.1) is 0 Å². The van der Waals surface area contributed by atoms with Gasteiger partial charge in [-0.05, 0) is 43.2 Å². The highest BCUT2D eigenvalue weighted by Gasteiger charge is 2.29. The van der Waals surface area contributed by atoms with Gasteiger partial charge in [-0.25, -0.2) is 12.4 Å². The Morgan fingerprint density at radius 1 is 1.04 bits per heavy atom. The number of methoxy groups -OCH3 is 1. The van der Waals surface area contributed by atoms with E-state index in [1.54, 1.807) is 42.6 Å². The molecule has 4 rings (SSSR count). The number of hydrogen-bond donors (Lipinski definition) is 0. The second kappa shape index (κ2) is 5.46. The third-order valence-corrected chi connectivity index (χ3v) is 6.36. The first kappa shape index (κ1) is 15.9. The van der Waals surface area contributed by atoms with Crippen LogP contribution in [0.25, 0.3) is 10.9 Å². The van der Waals surface area contributed by atoms with Gasteiger partial charge >= 0.3 is 0 Å². The molecular formula is C19H17NO4S. The standard InChI is InChI=1S/C19H17NO4S/c1-12-3-6-14(7-4-12)25(22,23)20-11-13-5-9-16(21)19-17(24-2)10-8-15(20)18(13)19/h3-4,6-8,10-11H,5,9H2,1-2H3. The molecule has 0 amide bonds. The summed E-state index contributed by atoms with van der Waals surface area (Å²) in [5, 5.41) is 0.686. The Labute approximate surface area is 145 Å². The lowest BCUT2D eigenvalue weighted by molar-refractivity contribution is 0.0979. The Balaban J connectivity index is 2.02. The van der Waals surface area contributed by atoms with Crippen LogP contribution in [0.15, 0.2) is 47.5 Å². The first-order valence-electron chi connectivity index (χ1n) is 8.00. The van der Waals surface area contributed by atoms with Gasteiger partial charge in [-0.1, -0.05) is 17.7 Å². The number of aryl methyl sites for hydroxylation is 2. The van der Waals surface area contributed by atoms with Crippen LogP contribution in [0.1, 0.15) is 27.9 Å². The third kappa shape index (κ3) is 2.28. The summed E-state index contributed by atoms with van der Waals surface area (Å²) in [6, 6.07) is 10.1. The molecule has 0 fully saturated rings. The van der Waals surface area contributed by atoms with Gasteiger partial charge in [0.1, 0.15) is 5.75 Å². The SMILES string of the molecule is COc1ccc2c3c(cn2S(=O)(=O)c2ccc(C)cc2)CCC(=O)c13. The number of Topliss-reactive ketones (excluding diaryl/α,β-unsaturated/α-hetero) is 1. The fraction of sp³-hybridized carbons (Fsp3) is 0.211. The number of ketones is 1. The van der Waals surface area contributed by atoms with Crippen LogP contribution < -0.4 is 4.74 Å². The molecule has 1 heterocycles. The molecule has 0 aliphatic heterocycles. The molecule has 0 atom stereocenters. The molecule has 5 nitrogen and oxygen atoms in total. The Morgan fingerprint density at radius 3 is 2.44 bits per heavy atom. The summed E-state index contributed by atoms with van der Waals surface area (Å²) in [5.41, 5.74) is 2.85. The summed E-state index contributed by atoms with van der Waals surface area (Å²) >= 11 is 0. The van der Waals surface area contributed by atoms with Crippen molar-refractivity contribution >= 4 is 26.7 Å². The van der Waals surface area contributed by atoms with Gasteiger partial charge in [0.15, 0.2) is 5.78 Å². The van der Waals surface area contributed by atoms with Gasteiger partial charge in [0.2, 0.25) is 0 Å². The fourth-order valence-corrected chi connectivity index (χ4v) is 4.77. The van der Waals surface area contributed by atoms with Crippen molar-refractivity contribution in [1.82, 2.24) is 3.97 Å². The van der Waals surface area contributed by atoms with Gasteiger partial charge in [0.25, 0.3) is 10.0 Å². The van der Waals surface area contributed by atoms with Crippen molar-refractivity contribution in [3.63, 3.8) is 0 Å². The van der Waals surface area contributed by atoms with Crippen LogP contribution in [0.3, 0.4) is 0 Å². The third-order valence-electron chi connectivity index (χ3n) is 4.67. The first-order chi connectivity index (χ1) is 11.9. The summed E-state index contributed by atoms with van der Waals surface area (Å²) in [5.74, 6) is 0.476. The maximum atomic E-state index is 13.1. The van der Waals surface area contributed by atoms with E-state index >= 15 is 0 Å². The van der Waals surface area contributed by atoms with Crippen molar-refractivity contribution in [3.05, 3.63) is 59.3 Å². The van der Waals surface area contributed by atoms with Crippen molar-refractivity contribution in [1.29, 1.82) is 0 Å². The second-order valence-electron chi connectivity index (χ2n) is 6.23. The predicted molar refractivity (Wildman–Crippen MR) is 94.9 cm³/mol. The Morgan fingerprint density at radius 2 is 1.76 bits per heavy atom. The van der Waals surface area contributed by atoms with Crippen LogP contribution in [0.2, 0.25) is 0 Å². The first-order valence-corrected chi connectivity index (χ1v) is 9.44. The average molecular weight is 355 g/mol. The monoisotopic (exact) mass is 355 g/mol. The summed E-state index contributed by atoms with van der Waals surface area (Å²) in [4.78, 5) is 12.6. The van der Waals surface area contributed by atoms with Gasteiger partial charge in [0.05, 0.1) is 23.1 Å². The van der Waals surface area contributed by atoms with Crippen molar-refractivity contribution in [2.24, 2.45) is 0 Å². The minimum absolute atomic E-state index is 0.0135. The van der Waals surface area contributed by atoms with Gasteiger partial charge in [-0.2, -0.15) is 0 Å². The van der Waals surface area contributed by atoms with E-state index < -0.39 is 10.0 Å². The molecule has 2 aromatic carbocycles. The van der Waals surface area contributed by atoms with E-state index in [1.165, 1.54) is 11.1 Å². The van der Waals surface area contributed by atoms with Crippen molar-refractivity contribution in [3.8, 4) is 5.75 Å². The van der Waals surface area contributed by atoms with Crippen LogP contribution >= 0.6 is 0 Å². The molecule has 0 saturated heterocycles. The number of carbonyl (C=O) groups excluding carboxylic acids is 1. The normalized spacial score (nSPS) is 14.1. The maximum Gasteiger partial charge on any atom is 0.268 e. The van der Waals surface area contributed by atoms with E-state index in [4.69, 9.17) is 4.74 Å². The van der Waals surface area contributed by atoms with Crippen LogP contribution in [-0.2, 0) is 16.4 Å². The quantitative estimate of drug-likeness (QED) is 0.723. The van der Waals surface area contributed by atoms with Crippen LogP contribution in [0.4, 0.5) is 0 Å². The van der Waals surface area contributed by atoms with Crippen molar-refractivity contribution in [2.75, 3.05) is 7.11 Å². The van der Waals surface area contributed by atoms with E-state index in [0.717, 1.165) is 11.1 Å².